The Balaban J connectivity index is 2.02. The third-order valence-corrected chi connectivity index (χ3v) is 5.25. The average Bonchev–Trinajstić information content (AvgIpc) is 2.66. The molecule has 0 amide bonds. The minimum atomic E-state index is 0.400. The first kappa shape index (κ1) is 14.9. The van der Waals surface area contributed by atoms with Crippen LogP contribution in [0.3, 0.4) is 0 Å². The number of hydrogen-bond donors (Lipinski definition) is 0. The molecule has 0 aromatic rings. The molecule has 19 heavy (non-hydrogen) atoms. The highest BCUT2D eigenvalue weighted by Crippen LogP contribution is 2.38. The van der Waals surface area contributed by atoms with Crippen molar-refractivity contribution in [3.05, 3.63) is 12.3 Å². The summed E-state index contributed by atoms with van der Waals surface area (Å²) in [7, 11) is 0. The fourth-order valence-corrected chi connectivity index (χ4v) is 4.13. The van der Waals surface area contributed by atoms with Gasteiger partial charge in [-0.2, -0.15) is 0 Å². The maximum atomic E-state index is 5.87. The predicted octanol–water partition coefficient (Wildman–Crippen LogP) is 4.21. The van der Waals surface area contributed by atoms with E-state index in [9.17, 15) is 0 Å². The molecule has 2 heterocycles. The van der Waals surface area contributed by atoms with E-state index in [2.05, 4.69) is 46.1 Å². The van der Waals surface area contributed by atoms with Crippen LogP contribution in [0.5, 0.6) is 0 Å². The molecule has 2 heteroatoms. The third kappa shape index (κ3) is 3.16. The number of rotatable bonds is 3. The smallest absolute Gasteiger partial charge is 0.0553 e. The van der Waals surface area contributed by atoms with Gasteiger partial charge in [-0.3, -0.25) is 0 Å². The topological polar surface area (TPSA) is 12.5 Å². The van der Waals surface area contributed by atoms with Crippen LogP contribution >= 0.6 is 0 Å². The van der Waals surface area contributed by atoms with Crippen molar-refractivity contribution in [1.82, 2.24) is 4.90 Å². The van der Waals surface area contributed by atoms with Gasteiger partial charge in [0, 0.05) is 17.8 Å². The molecule has 0 spiro atoms. The van der Waals surface area contributed by atoms with E-state index in [1.165, 1.54) is 31.4 Å². The first-order valence-corrected chi connectivity index (χ1v) is 8.02. The molecule has 0 N–H and O–H groups in total. The van der Waals surface area contributed by atoms with Gasteiger partial charge in [0.1, 0.15) is 0 Å². The van der Waals surface area contributed by atoms with Gasteiger partial charge in [-0.25, -0.2) is 0 Å². The van der Waals surface area contributed by atoms with Gasteiger partial charge in [0.05, 0.1) is 12.2 Å². The van der Waals surface area contributed by atoms with Gasteiger partial charge in [-0.15, -0.1) is 0 Å². The van der Waals surface area contributed by atoms with Crippen molar-refractivity contribution >= 4 is 0 Å². The van der Waals surface area contributed by atoms with E-state index in [4.69, 9.17) is 4.74 Å². The second-order valence-corrected chi connectivity index (χ2v) is 6.95. The van der Waals surface area contributed by atoms with Crippen molar-refractivity contribution in [2.45, 2.75) is 84.6 Å². The van der Waals surface area contributed by atoms with Gasteiger partial charge in [0.15, 0.2) is 0 Å². The van der Waals surface area contributed by atoms with Gasteiger partial charge in [-0.1, -0.05) is 13.5 Å². The molecular weight excluding hydrogens is 234 g/mol. The van der Waals surface area contributed by atoms with E-state index in [1.54, 1.807) is 0 Å². The summed E-state index contributed by atoms with van der Waals surface area (Å²) in [5, 5.41) is 0. The normalized spacial score (nSPS) is 41.3. The Kier molecular flexibility index (Phi) is 4.60. The van der Waals surface area contributed by atoms with Gasteiger partial charge < -0.3 is 9.64 Å². The Labute approximate surface area is 119 Å². The Hall–Kier alpha value is -0.500. The second-order valence-electron chi connectivity index (χ2n) is 6.95. The quantitative estimate of drug-likeness (QED) is 0.758. The first-order valence-electron chi connectivity index (χ1n) is 8.02. The highest BCUT2D eigenvalue weighted by Gasteiger charge is 2.35. The fourth-order valence-electron chi connectivity index (χ4n) is 4.13. The van der Waals surface area contributed by atoms with Crippen LogP contribution in [0.25, 0.3) is 0 Å². The Morgan fingerprint density at radius 2 is 1.53 bits per heavy atom. The number of ether oxygens (including phenoxy) is 1. The molecule has 0 aliphatic carbocycles. The Morgan fingerprint density at radius 1 is 1.05 bits per heavy atom. The molecule has 0 aromatic heterocycles. The lowest BCUT2D eigenvalue weighted by Crippen LogP contribution is -2.39. The van der Waals surface area contributed by atoms with Crippen LogP contribution < -0.4 is 0 Å². The standard InChI is InChI=1S/C17H31NO/c1-11-7-8-12(2)18(11)16(6)15(5)17-9-13(3)19-14(4)10-17/h11-15,17H,6-10H2,1-5H3/t11-,12?,13?,14?,15?,17?/m1/s1. The van der Waals surface area contributed by atoms with Crippen molar-refractivity contribution in [2.24, 2.45) is 11.8 Å². The summed E-state index contributed by atoms with van der Waals surface area (Å²) in [6.45, 7) is 15.9. The zero-order valence-electron chi connectivity index (χ0n) is 13.4. The molecule has 2 rings (SSSR count). The highest BCUT2D eigenvalue weighted by molar-refractivity contribution is 5.07. The van der Waals surface area contributed by atoms with E-state index < -0.39 is 0 Å². The molecule has 0 aromatic carbocycles. The van der Waals surface area contributed by atoms with E-state index in [-0.39, 0.29) is 0 Å². The SMILES string of the molecule is C=C(C(C)C1CC(C)OC(C)C1)N1C(C)CC[C@H]1C. The number of likely N-dealkylation sites (tertiary alicyclic amines) is 1. The average molecular weight is 265 g/mol. The van der Waals surface area contributed by atoms with Crippen LogP contribution in [0.1, 0.15) is 60.3 Å². The number of allylic oxidation sites excluding steroid dienone is 1. The van der Waals surface area contributed by atoms with E-state index in [0.717, 1.165) is 5.92 Å². The summed E-state index contributed by atoms with van der Waals surface area (Å²) in [4.78, 5) is 2.58. The van der Waals surface area contributed by atoms with E-state index in [0.29, 0.717) is 30.2 Å². The third-order valence-electron chi connectivity index (χ3n) is 5.25. The Bertz CT molecular complexity index is 307. The molecular formula is C17H31NO. The van der Waals surface area contributed by atoms with Crippen LogP contribution in [0.4, 0.5) is 0 Å². The van der Waals surface area contributed by atoms with Gasteiger partial charge in [-0.05, 0) is 65.2 Å². The van der Waals surface area contributed by atoms with Gasteiger partial charge in [0.25, 0.3) is 0 Å². The van der Waals surface area contributed by atoms with Crippen LogP contribution in [0.15, 0.2) is 12.3 Å². The molecule has 2 aliphatic heterocycles. The monoisotopic (exact) mass is 265 g/mol. The molecule has 0 bridgehead atoms. The summed E-state index contributed by atoms with van der Waals surface area (Å²) in [6, 6.07) is 1.33. The minimum absolute atomic E-state index is 0.400. The molecule has 0 radical (unpaired) electrons. The van der Waals surface area contributed by atoms with Crippen molar-refractivity contribution in [3.63, 3.8) is 0 Å². The number of hydrogen-bond acceptors (Lipinski definition) is 2. The molecule has 2 saturated heterocycles. The lowest BCUT2D eigenvalue weighted by molar-refractivity contribution is -0.0611. The van der Waals surface area contributed by atoms with Crippen molar-refractivity contribution in [3.8, 4) is 0 Å². The molecule has 5 atom stereocenters. The van der Waals surface area contributed by atoms with Crippen molar-refractivity contribution < 1.29 is 4.74 Å². The molecule has 4 unspecified atom stereocenters. The molecule has 110 valence electrons. The molecule has 2 nitrogen and oxygen atoms in total. The summed E-state index contributed by atoms with van der Waals surface area (Å²) >= 11 is 0. The summed E-state index contributed by atoms with van der Waals surface area (Å²) < 4.78 is 5.87. The van der Waals surface area contributed by atoms with Crippen molar-refractivity contribution in [2.75, 3.05) is 0 Å². The largest absolute Gasteiger partial charge is 0.376 e. The maximum Gasteiger partial charge on any atom is 0.0553 e. The lowest BCUT2D eigenvalue weighted by atomic mass is 9.81. The second kappa shape index (κ2) is 5.87. The van der Waals surface area contributed by atoms with E-state index >= 15 is 0 Å². The number of nitrogens with zero attached hydrogens (tertiary/aromatic N) is 1. The predicted molar refractivity (Wildman–Crippen MR) is 81.0 cm³/mol. The minimum Gasteiger partial charge on any atom is -0.376 e. The maximum absolute atomic E-state index is 5.87. The van der Waals surface area contributed by atoms with Crippen LogP contribution in [0, 0.1) is 11.8 Å². The summed E-state index contributed by atoms with van der Waals surface area (Å²) in [5.74, 6) is 1.31. The lowest BCUT2D eigenvalue weighted by Gasteiger charge is -2.40. The van der Waals surface area contributed by atoms with Crippen LogP contribution in [-0.4, -0.2) is 29.2 Å². The van der Waals surface area contributed by atoms with Gasteiger partial charge >= 0.3 is 0 Å². The van der Waals surface area contributed by atoms with Gasteiger partial charge in [0.2, 0.25) is 0 Å². The summed E-state index contributed by atoms with van der Waals surface area (Å²) in [6.07, 6.45) is 5.79. The molecule has 2 fully saturated rings. The van der Waals surface area contributed by atoms with Crippen LogP contribution in [-0.2, 0) is 4.74 Å². The Morgan fingerprint density at radius 3 is 2.00 bits per heavy atom. The molecule has 2 aliphatic rings. The van der Waals surface area contributed by atoms with E-state index in [1.807, 2.05) is 0 Å². The zero-order valence-corrected chi connectivity index (χ0v) is 13.4. The molecule has 0 saturated carbocycles. The highest BCUT2D eigenvalue weighted by atomic mass is 16.5. The van der Waals surface area contributed by atoms with Crippen LogP contribution in [0.2, 0.25) is 0 Å². The summed E-state index contributed by atoms with van der Waals surface area (Å²) in [5.41, 5.74) is 1.36. The first-order chi connectivity index (χ1) is 8.90. The fraction of sp³-hybridized carbons (Fsp3) is 0.882. The zero-order chi connectivity index (χ0) is 14.2. The van der Waals surface area contributed by atoms with Crippen molar-refractivity contribution in [1.29, 1.82) is 0 Å².